The zero-order valence-corrected chi connectivity index (χ0v) is 12.7. The van der Waals surface area contributed by atoms with E-state index < -0.39 is 6.61 Å². The molecule has 3 rings (SSSR count). The maximum Gasteiger partial charge on any atom is 0.245 e. The van der Waals surface area contributed by atoms with Crippen molar-refractivity contribution in [3.05, 3.63) is 35.4 Å². The van der Waals surface area contributed by atoms with E-state index in [9.17, 15) is 9.59 Å². The first-order valence-electron chi connectivity index (χ1n) is 7.92. The Bertz CT molecular complexity index is 575. The van der Waals surface area contributed by atoms with E-state index >= 15 is 0 Å². The lowest BCUT2D eigenvalue weighted by atomic mass is 9.93. The van der Waals surface area contributed by atoms with Crippen LogP contribution in [0.5, 0.6) is 0 Å². The number of nitrogens with zero attached hydrogens (tertiary/aromatic N) is 1. The fourth-order valence-electron chi connectivity index (χ4n) is 3.21. The first-order valence-corrected chi connectivity index (χ1v) is 7.92. The molecule has 0 spiro atoms. The van der Waals surface area contributed by atoms with Crippen molar-refractivity contribution in [3.63, 3.8) is 0 Å². The van der Waals surface area contributed by atoms with Crippen LogP contribution in [0.15, 0.2) is 24.3 Å². The van der Waals surface area contributed by atoms with Gasteiger partial charge in [-0.25, -0.2) is 0 Å². The largest absolute Gasteiger partial charge is 0.387 e. The molecule has 1 aromatic carbocycles. The van der Waals surface area contributed by atoms with E-state index in [1.165, 1.54) is 0 Å². The molecule has 1 aromatic rings. The van der Waals surface area contributed by atoms with E-state index in [1.54, 1.807) is 0 Å². The third kappa shape index (κ3) is 2.86. The normalized spacial score (nSPS) is 19.0. The molecule has 2 N–H and O–H groups in total. The van der Waals surface area contributed by atoms with E-state index in [4.69, 9.17) is 5.11 Å². The summed E-state index contributed by atoms with van der Waals surface area (Å²) in [7, 11) is 0. The molecule has 0 atom stereocenters. The van der Waals surface area contributed by atoms with E-state index in [0.29, 0.717) is 6.54 Å². The van der Waals surface area contributed by atoms with Gasteiger partial charge in [0.05, 0.1) is 5.41 Å². The average molecular weight is 302 g/mol. The minimum Gasteiger partial charge on any atom is -0.387 e. The smallest absolute Gasteiger partial charge is 0.245 e. The Morgan fingerprint density at radius 2 is 1.95 bits per heavy atom. The lowest BCUT2D eigenvalue weighted by molar-refractivity contribution is -0.132. The second-order valence-electron chi connectivity index (χ2n) is 6.22. The van der Waals surface area contributed by atoms with Crippen molar-refractivity contribution in [3.8, 4) is 0 Å². The van der Waals surface area contributed by atoms with Crippen LogP contribution in [0, 0.1) is 0 Å². The van der Waals surface area contributed by atoms with Crippen molar-refractivity contribution in [2.75, 3.05) is 19.7 Å². The molecule has 1 aliphatic heterocycles. The zero-order valence-electron chi connectivity index (χ0n) is 12.7. The van der Waals surface area contributed by atoms with Crippen LogP contribution >= 0.6 is 0 Å². The van der Waals surface area contributed by atoms with Crippen molar-refractivity contribution in [1.29, 1.82) is 0 Å². The molecule has 22 heavy (non-hydrogen) atoms. The molecule has 1 saturated carbocycles. The Labute approximate surface area is 130 Å². The fraction of sp³-hybridized carbons (Fsp3) is 0.529. The highest BCUT2D eigenvalue weighted by molar-refractivity contribution is 5.91. The van der Waals surface area contributed by atoms with Gasteiger partial charge in [0.15, 0.2) is 0 Å². The Hall–Kier alpha value is -1.88. The van der Waals surface area contributed by atoms with Crippen molar-refractivity contribution in [2.45, 2.75) is 37.6 Å². The Morgan fingerprint density at radius 3 is 2.59 bits per heavy atom. The predicted octanol–water partition coefficient (Wildman–Crippen LogP) is 0.949. The number of rotatable bonds is 5. The Kier molecular flexibility index (Phi) is 4.16. The molecule has 1 heterocycles. The van der Waals surface area contributed by atoms with Crippen LogP contribution in [0.25, 0.3) is 0 Å². The van der Waals surface area contributed by atoms with E-state index in [1.807, 2.05) is 29.2 Å². The highest BCUT2D eigenvalue weighted by Gasteiger charge is 2.53. The highest BCUT2D eigenvalue weighted by Crippen LogP contribution is 2.50. The summed E-state index contributed by atoms with van der Waals surface area (Å²) < 4.78 is 0. The molecule has 2 fully saturated rings. The number of carbonyl (C=O) groups is 2. The standard InChI is InChI=1S/C17H22N2O3/c20-12-15(21)18-11-13-4-3-5-14(10-13)17(6-7-17)16(22)19-8-1-2-9-19/h3-5,10,20H,1-2,6-9,11-12H2,(H,18,21). The molecule has 1 saturated heterocycles. The second-order valence-corrected chi connectivity index (χ2v) is 6.22. The van der Waals surface area contributed by atoms with Crippen LogP contribution in [0.4, 0.5) is 0 Å². The van der Waals surface area contributed by atoms with Crippen molar-refractivity contribution >= 4 is 11.8 Å². The van der Waals surface area contributed by atoms with Gasteiger partial charge in [0.25, 0.3) is 0 Å². The van der Waals surface area contributed by atoms with Crippen LogP contribution in [-0.2, 0) is 21.5 Å². The molecule has 5 heteroatoms. The minimum atomic E-state index is -0.503. The average Bonchev–Trinajstić information content (AvgIpc) is 3.19. The molecular formula is C17H22N2O3. The van der Waals surface area contributed by atoms with Gasteiger partial charge in [-0.1, -0.05) is 24.3 Å². The molecule has 118 valence electrons. The predicted molar refractivity (Wildman–Crippen MR) is 82.1 cm³/mol. The minimum absolute atomic E-state index is 0.265. The number of nitrogens with one attached hydrogen (secondary N) is 1. The number of benzene rings is 1. The summed E-state index contributed by atoms with van der Waals surface area (Å²) in [5.41, 5.74) is 1.68. The summed E-state index contributed by atoms with van der Waals surface area (Å²) in [6, 6.07) is 7.89. The van der Waals surface area contributed by atoms with Crippen LogP contribution < -0.4 is 5.32 Å². The van der Waals surface area contributed by atoms with Crippen LogP contribution in [-0.4, -0.2) is 41.5 Å². The van der Waals surface area contributed by atoms with Crippen LogP contribution in [0.1, 0.15) is 36.8 Å². The molecule has 0 radical (unpaired) electrons. The van der Waals surface area contributed by atoms with Crippen molar-refractivity contribution < 1.29 is 14.7 Å². The van der Waals surface area contributed by atoms with Gasteiger partial charge in [0.1, 0.15) is 6.61 Å². The van der Waals surface area contributed by atoms with Gasteiger partial charge in [-0.15, -0.1) is 0 Å². The van der Waals surface area contributed by atoms with Gasteiger partial charge in [-0.2, -0.15) is 0 Å². The molecular weight excluding hydrogens is 280 g/mol. The Morgan fingerprint density at radius 1 is 1.23 bits per heavy atom. The number of hydrogen-bond acceptors (Lipinski definition) is 3. The lowest BCUT2D eigenvalue weighted by Crippen LogP contribution is -2.37. The maximum absolute atomic E-state index is 12.8. The van der Waals surface area contributed by atoms with Crippen molar-refractivity contribution in [2.24, 2.45) is 0 Å². The molecule has 2 amide bonds. The zero-order chi connectivity index (χ0) is 15.6. The summed E-state index contributed by atoms with van der Waals surface area (Å²) in [6.07, 6.45) is 4.04. The first-order chi connectivity index (χ1) is 10.7. The number of aliphatic hydroxyl groups is 1. The number of likely N-dealkylation sites (tertiary alicyclic amines) is 1. The molecule has 1 aliphatic carbocycles. The highest BCUT2D eigenvalue weighted by atomic mass is 16.3. The number of hydrogen-bond donors (Lipinski definition) is 2. The van der Waals surface area contributed by atoms with Gasteiger partial charge >= 0.3 is 0 Å². The molecule has 2 aliphatic rings. The van der Waals surface area contributed by atoms with Crippen molar-refractivity contribution in [1.82, 2.24) is 10.2 Å². The number of aliphatic hydroxyl groups excluding tert-OH is 1. The summed E-state index contributed by atoms with van der Waals surface area (Å²) in [4.78, 5) is 25.9. The fourth-order valence-corrected chi connectivity index (χ4v) is 3.21. The summed E-state index contributed by atoms with van der Waals surface area (Å²) in [6.45, 7) is 1.64. The summed E-state index contributed by atoms with van der Waals surface area (Å²) in [5, 5.41) is 11.4. The quantitative estimate of drug-likeness (QED) is 0.851. The van der Waals surface area contributed by atoms with Gasteiger partial charge in [-0.3, -0.25) is 9.59 Å². The molecule has 0 unspecified atom stereocenters. The summed E-state index contributed by atoms with van der Waals surface area (Å²) >= 11 is 0. The van der Waals surface area contributed by atoms with E-state index in [0.717, 1.165) is 49.9 Å². The SMILES string of the molecule is O=C(CO)NCc1cccc(C2(C(=O)N3CCCC3)CC2)c1. The van der Waals surface area contributed by atoms with Crippen LogP contribution in [0.2, 0.25) is 0 Å². The molecule has 5 nitrogen and oxygen atoms in total. The lowest BCUT2D eigenvalue weighted by Gasteiger charge is -2.23. The third-order valence-corrected chi connectivity index (χ3v) is 4.67. The van der Waals surface area contributed by atoms with E-state index in [2.05, 4.69) is 5.32 Å². The number of amides is 2. The van der Waals surface area contributed by atoms with Crippen LogP contribution in [0.3, 0.4) is 0 Å². The number of carbonyl (C=O) groups excluding carboxylic acids is 2. The summed E-state index contributed by atoms with van der Waals surface area (Å²) in [5.74, 6) is -0.124. The van der Waals surface area contributed by atoms with E-state index in [-0.39, 0.29) is 17.2 Å². The van der Waals surface area contributed by atoms with Gasteiger partial charge < -0.3 is 15.3 Å². The first kappa shape index (κ1) is 15.0. The monoisotopic (exact) mass is 302 g/mol. The second kappa shape index (κ2) is 6.08. The third-order valence-electron chi connectivity index (χ3n) is 4.67. The van der Waals surface area contributed by atoms with Gasteiger partial charge in [0, 0.05) is 19.6 Å². The topological polar surface area (TPSA) is 69.6 Å². The molecule has 0 bridgehead atoms. The van der Waals surface area contributed by atoms with Gasteiger partial charge in [0.2, 0.25) is 11.8 Å². The molecule has 0 aromatic heterocycles. The maximum atomic E-state index is 12.8. The Balaban J connectivity index is 1.73. The van der Waals surface area contributed by atoms with Gasteiger partial charge in [-0.05, 0) is 36.8 Å².